The summed E-state index contributed by atoms with van der Waals surface area (Å²) in [6, 6.07) is 13.4. The number of rotatable bonds is 7. The minimum absolute atomic E-state index is 0.0865. The van der Waals surface area contributed by atoms with E-state index in [1.165, 1.54) is 11.3 Å². The third-order valence-electron chi connectivity index (χ3n) is 3.89. The minimum Gasteiger partial charge on any atom is -0.302 e. The number of carbonyl (C=O) groups is 1. The van der Waals surface area contributed by atoms with Gasteiger partial charge in [-0.1, -0.05) is 47.5 Å². The van der Waals surface area contributed by atoms with Crippen LogP contribution in [0.15, 0.2) is 58.8 Å². The van der Waals surface area contributed by atoms with Gasteiger partial charge >= 0.3 is 0 Å². The first-order valence-electron chi connectivity index (χ1n) is 8.34. The predicted octanol–water partition coefficient (Wildman–Crippen LogP) is 5.31. The molecule has 9 heteroatoms. The molecule has 0 aliphatic carbocycles. The second-order valence-electron chi connectivity index (χ2n) is 5.95. The number of amides is 1. The van der Waals surface area contributed by atoms with Gasteiger partial charge in [0.15, 0.2) is 15.0 Å². The molecule has 1 heterocycles. The zero-order chi connectivity index (χ0) is 20.1. The smallest absolute Gasteiger partial charge is 0.226 e. The summed E-state index contributed by atoms with van der Waals surface area (Å²) in [5.41, 5.74) is 1.46. The highest BCUT2D eigenvalue weighted by Gasteiger charge is 2.15. The van der Waals surface area contributed by atoms with Crippen molar-refractivity contribution in [3.63, 3.8) is 0 Å². The van der Waals surface area contributed by atoms with Crippen LogP contribution >= 0.6 is 34.5 Å². The van der Waals surface area contributed by atoms with Crippen LogP contribution < -0.4 is 5.32 Å². The molecule has 0 bridgehead atoms. The van der Waals surface area contributed by atoms with E-state index in [-0.39, 0.29) is 29.4 Å². The van der Waals surface area contributed by atoms with Crippen LogP contribution in [0, 0.1) is 0 Å². The second kappa shape index (κ2) is 9.05. The zero-order valence-corrected chi connectivity index (χ0v) is 17.7. The summed E-state index contributed by atoms with van der Waals surface area (Å²) in [6.07, 6.45) is 0.321. The molecule has 3 rings (SSSR count). The Morgan fingerprint density at radius 3 is 2.54 bits per heavy atom. The van der Waals surface area contributed by atoms with Crippen LogP contribution in [0.25, 0.3) is 11.3 Å². The number of hydrogen-bond acceptors (Lipinski definition) is 5. The molecule has 5 nitrogen and oxygen atoms in total. The average Bonchev–Trinajstić information content (AvgIpc) is 3.13. The first kappa shape index (κ1) is 20.8. The van der Waals surface area contributed by atoms with Crippen LogP contribution in [0.2, 0.25) is 10.0 Å². The lowest BCUT2D eigenvalue weighted by Gasteiger charge is -2.04. The van der Waals surface area contributed by atoms with E-state index >= 15 is 0 Å². The van der Waals surface area contributed by atoms with Crippen LogP contribution in [0.4, 0.5) is 5.13 Å². The highest BCUT2D eigenvalue weighted by molar-refractivity contribution is 7.91. The van der Waals surface area contributed by atoms with Gasteiger partial charge < -0.3 is 5.32 Å². The van der Waals surface area contributed by atoms with Crippen molar-refractivity contribution in [3.05, 3.63) is 64.0 Å². The molecule has 0 spiro atoms. The summed E-state index contributed by atoms with van der Waals surface area (Å²) in [4.78, 5) is 16.7. The summed E-state index contributed by atoms with van der Waals surface area (Å²) >= 11 is 13.2. The number of anilines is 1. The summed E-state index contributed by atoms with van der Waals surface area (Å²) in [5, 5.41) is 5.83. The summed E-state index contributed by atoms with van der Waals surface area (Å²) in [5.74, 6) is -0.366. The second-order valence-corrected chi connectivity index (χ2v) is 9.73. The van der Waals surface area contributed by atoms with E-state index in [2.05, 4.69) is 10.3 Å². The molecule has 0 aliphatic rings. The predicted molar refractivity (Wildman–Crippen MR) is 114 cm³/mol. The zero-order valence-electron chi connectivity index (χ0n) is 14.6. The maximum atomic E-state index is 12.2. The molecule has 0 radical (unpaired) electrons. The van der Waals surface area contributed by atoms with Crippen molar-refractivity contribution in [2.45, 2.75) is 17.7 Å². The molecule has 2 aromatic carbocycles. The molecule has 28 heavy (non-hydrogen) atoms. The molecule has 0 atom stereocenters. The van der Waals surface area contributed by atoms with Gasteiger partial charge in [0.05, 0.1) is 26.4 Å². The van der Waals surface area contributed by atoms with Crippen LogP contribution in [-0.4, -0.2) is 25.1 Å². The highest BCUT2D eigenvalue weighted by Crippen LogP contribution is 2.30. The van der Waals surface area contributed by atoms with Gasteiger partial charge in [-0.25, -0.2) is 13.4 Å². The van der Waals surface area contributed by atoms with E-state index in [4.69, 9.17) is 23.2 Å². The number of carbonyl (C=O) groups excluding carboxylic acids is 1. The largest absolute Gasteiger partial charge is 0.302 e. The lowest BCUT2D eigenvalue weighted by atomic mass is 10.2. The van der Waals surface area contributed by atoms with Gasteiger partial charge in [-0.2, -0.15) is 0 Å². The van der Waals surface area contributed by atoms with Crippen molar-refractivity contribution in [1.29, 1.82) is 0 Å². The van der Waals surface area contributed by atoms with Crippen molar-refractivity contribution in [3.8, 4) is 11.3 Å². The molecule has 1 aromatic heterocycles. The number of aromatic nitrogens is 1. The SMILES string of the molecule is O=C(CCCS(=O)(=O)c1ccccc1)Nc1nc(-c2ccc(Cl)c(Cl)c2)cs1. The van der Waals surface area contributed by atoms with Crippen LogP contribution in [0.3, 0.4) is 0 Å². The first-order valence-corrected chi connectivity index (χ1v) is 11.6. The standard InChI is InChI=1S/C19H16Cl2N2O3S2/c20-15-9-8-13(11-16(15)21)17-12-27-19(22-17)23-18(24)7-4-10-28(25,26)14-5-2-1-3-6-14/h1-3,5-6,8-9,11-12H,4,7,10H2,(H,22,23,24). The fourth-order valence-electron chi connectivity index (χ4n) is 2.47. The highest BCUT2D eigenvalue weighted by atomic mass is 35.5. The monoisotopic (exact) mass is 454 g/mol. The van der Waals surface area contributed by atoms with Gasteiger partial charge in [0.1, 0.15) is 0 Å². The van der Waals surface area contributed by atoms with Gasteiger partial charge in [-0.05, 0) is 30.7 Å². The lowest BCUT2D eigenvalue weighted by Crippen LogP contribution is -2.14. The van der Waals surface area contributed by atoms with Gasteiger partial charge in [0.25, 0.3) is 0 Å². The van der Waals surface area contributed by atoms with Crippen molar-refractivity contribution in [1.82, 2.24) is 4.98 Å². The van der Waals surface area contributed by atoms with E-state index in [1.807, 2.05) is 0 Å². The van der Waals surface area contributed by atoms with Crippen LogP contribution in [0.1, 0.15) is 12.8 Å². The minimum atomic E-state index is -3.38. The Morgan fingerprint density at radius 2 is 1.82 bits per heavy atom. The average molecular weight is 455 g/mol. The molecular weight excluding hydrogens is 439 g/mol. The normalized spacial score (nSPS) is 11.4. The van der Waals surface area contributed by atoms with Gasteiger partial charge in [-0.3, -0.25) is 4.79 Å². The van der Waals surface area contributed by atoms with E-state index in [1.54, 1.807) is 53.9 Å². The summed E-state index contributed by atoms with van der Waals surface area (Å²) < 4.78 is 24.4. The van der Waals surface area contributed by atoms with Crippen LogP contribution in [0.5, 0.6) is 0 Å². The Morgan fingerprint density at radius 1 is 1.07 bits per heavy atom. The maximum absolute atomic E-state index is 12.2. The number of sulfone groups is 1. The molecule has 1 N–H and O–H groups in total. The molecule has 0 aliphatic heterocycles. The Balaban J connectivity index is 1.54. The number of benzene rings is 2. The van der Waals surface area contributed by atoms with Crippen molar-refractivity contribution >= 4 is 55.4 Å². The number of thiazole rings is 1. The fourth-order valence-corrected chi connectivity index (χ4v) is 4.84. The van der Waals surface area contributed by atoms with E-state index in [0.717, 1.165) is 5.56 Å². The summed E-state index contributed by atoms with van der Waals surface area (Å²) in [6.45, 7) is 0. The molecule has 1 amide bonds. The topological polar surface area (TPSA) is 76.1 Å². The third-order valence-corrected chi connectivity index (χ3v) is 7.20. The Kier molecular flexibility index (Phi) is 6.72. The van der Waals surface area contributed by atoms with E-state index in [9.17, 15) is 13.2 Å². The number of hydrogen-bond donors (Lipinski definition) is 1. The first-order chi connectivity index (χ1) is 13.3. The van der Waals surface area contributed by atoms with Crippen molar-refractivity contribution in [2.24, 2.45) is 0 Å². The number of halogens is 2. The Labute approximate surface area is 177 Å². The molecule has 0 saturated heterocycles. The molecule has 0 saturated carbocycles. The molecule has 146 valence electrons. The van der Waals surface area contributed by atoms with Crippen LogP contribution in [-0.2, 0) is 14.6 Å². The van der Waals surface area contributed by atoms with E-state index < -0.39 is 9.84 Å². The maximum Gasteiger partial charge on any atom is 0.226 e. The molecule has 3 aromatic rings. The van der Waals surface area contributed by atoms with Gasteiger partial charge in [-0.15, -0.1) is 11.3 Å². The fraction of sp³-hybridized carbons (Fsp3) is 0.158. The van der Waals surface area contributed by atoms with Gasteiger partial charge in [0, 0.05) is 17.4 Å². The number of nitrogens with one attached hydrogen (secondary N) is 1. The van der Waals surface area contributed by atoms with Crippen molar-refractivity contribution in [2.75, 3.05) is 11.1 Å². The summed E-state index contributed by atoms with van der Waals surface area (Å²) in [7, 11) is -3.38. The molecule has 0 unspecified atom stereocenters. The lowest BCUT2D eigenvalue weighted by molar-refractivity contribution is -0.116. The number of nitrogens with zero attached hydrogens (tertiary/aromatic N) is 1. The van der Waals surface area contributed by atoms with Crippen molar-refractivity contribution < 1.29 is 13.2 Å². The Hall–Kier alpha value is -1.93. The molecule has 0 fully saturated rings. The van der Waals surface area contributed by atoms with Gasteiger partial charge in [0.2, 0.25) is 5.91 Å². The molecular formula is C19H16Cl2N2O3S2. The van der Waals surface area contributed by atoms with E-state index in [0.29, 0.717) is 20.9 Å². The quantitative estimate of drug-likeness (QED) is 0.524. The Bertz CT molecular complexity index is 1080. The third kappa shape index (κ3) is 5.32.